The van der Waals surface area contributed by atoms with Gasteiger partial charge < -0.3 is 10.4 Å². The first kappa shape index (κ1) is 9.01. The highest BCUT2D eigenvalue weighted by atomic mass is 16.3. The summed E-state index contributed by atoms with van der Waals surface area (Å²) in [6, 6.07) is 0.650. The molecule has 0 saturated carbocycles. The Morgan fingerprint density at radius 3 is 2.73 bits per heavy atom. The summed E-state index contributed by atoms with van der Waals surface area (Å²) in [4.78, 5) is 0. The fourth-order valence-electron chi connectivity index (χ4n) is 1.66. The Morgan fingerprint density at radius 1 is 1.55 bits per heavy atom. The molecule has 0 bridgehead atoms. The number of aliphatic hydroxyl groups excluding tert-OH is 1. The summed E-state index contributed by atoms with van der Waals surface area (Å²) in [5.74, 6) is 0. The van der Waals surface area contributed by atoms with Gasteiger partial charge in [0, 0.05) is 12.6 Å². The predicted octanol–water partition coefficient (Wildman–Crippen LogP) is 1.15. The van der Waals surface area contributed by atoms with Gasteiger partial charge in [-0.05, 0) is 31.2 Å². The quantitative estimate of drug-likeness (QED) is 0.644. The van der Waals surface area contributed by atoms with Crippen molar-refractivity contribution in [3.05, 3.63) is 0 Å². The van der Waals surface area contributed by atoms with Crippen LogP contribution in [-0.2, 0) is 0 Å². The zero-order valence-corrected chi connectivity index (χ0v) is 7.56. The van der Waals surface area contributed by atoms with E-state index in [1.54, 1.807) is 0 Å². The van der Waals surface area contributed by atoms with Gasteiger partial charge in [0.25, 0.3) is 0 Å². The Labute approximate surface area is 69.0 Å². The van der Waals surface area contributed by atoms with E-state index >= 15 is 0 Å². The molecule has 1 aliphatic heterocycles. The van der Waals surface area contributed by atoms with Crippen molar-refractivity contribution in [2.45, 2.75) is 39.2 Å². The highest BCUT2D eigenvalue weighted by Gasteiger charge is 2.24. The minimum atomic E-state index is 0.0992. The summed E-state index contributed by atoms with van der Waals surface area (Å²) >= 11 is 0. The molecule has 0 aromatic carbocycles. The third-order valence-electron chi connectivity index (χ3n) is 2.39. The van der Waals surface area contributed by atoms with E-state index in [9.17, 15) is 0 Å². The molecule has 11 heavy (non-hydrogen) atoms. The van der Waals surface area contributed by atoms with Gasteiger partial charge >= 0.3 is 0 Å². The SMILES string of the molecule is CC(C)(CO)CC1CCCN1. The Bertz CT molecular complexity index is 117. The Morgan fingerprint density at radius 2 is 2.27 bits per heavy atom. The lowest BCUT2D eigenvalue weighted by Crippen LogP contribution is -2.30. The normalized spacial score (nSPS) is 25.9. The highest BCUT2D eigenvalue weighted by molar-refractivity contribution is 4.80. The molecule has 1 aliphatic rings. The number of hydrogen-bond acceptors (Lipinski definition) is 2. The van der Waals surface area contributed by atoms with Crippen LogP contribution in [0.5, 0.6) is 0 Å². The first-order chi connectivity index (χ1) is 5.14. The van der Waals surface area contributed by atoms with Crippen LogP contribution < -0.4 is 5.32 Å². The monoisotopic (exact) mass is 157 g/mol. The van der Waals surface area contributed by atoms with Gasteiger partial charge in [0.15, 0.2) is 0 Å². The maximum atomic E-state index is 9.03. The zero-order valence-electron chi connectivity index (χ0n) is 7.56. The van der Waals surface area contributed by atoms with Gasteiger partial charge in [0.2, 0.25) is 0 Å². The van der Waals surface area contributed by atoms with Gasteiger partial charge in [0.05, 0.1) is 0 Å². The first-order valence-electron chi connectivity index (χ1n) is 4.48. The second-order valence-corrected chi connectivity index (χ2v) is 4.32. The number of nitrogens with one attached hydrogen (secondary N) is 1. The van der Waals surface area contributed by atoms with Crippen molar-refractivity contribution in [3.8, 4) is 0 Å². The summed E-state index contributed by atoms with van der Waals surface area (Å²) in [6.45, 7) is 5.69. The average molecular weight is 157 g/mol. The average Bonchev–Trinajstić information content (AvgIpc) is 2.39. The third-order valence-corrected chi connectivity index (χ3v) is 2.39. The largest absolute Gasteiger partial charge is 0.396 e. The maximum absolute atomic E-state index is 9.03. The lowest BCUT2D eigenvalue weighted by atomic mass is 9.86. The van der Waals surface area contributed by atoms with Crippen LogP contribution in [0.15, 0.2) is 0 Å². The molecule has 1 saturated heterocycles. The van der Waals surface area contributed by atoms with Gasteiger partial charge in [-0.2, -0.15) is 0 Å². The summed E-state index contributed by atoms with van der Waals surface area (Å²) in [6.07, 6.45) is 3.68. The highest BCUT2D eigenvalue weighted by Crippen LogP contribution is 2.24. The molecule has 1 rings (SSSR count). The van der Waals surface area contributed by atoms with Crippen molar-refractivity contribution in [2.24, 2.45) is 5.41 Å². The van der Waals surface area contributed by atoms with E-state index < -0.39 is 0 Å². The molecule has 1 atom stereocenters. The minimum absolute atomic E-state index is 0.0992. The smallest absolute Gasteiger partial charge is 0.0482 e. The van der Waals surface area contributed by atoms with E-state index in [1.165, 1.54) is 12.8 Å². The van der Waals surface area contributed by atoms with Crippen molar-refractivity contribution in [1.82, 2.24) is 5.32 Å². The molecule has 0 aromatic rings. The van der Waals surface area contributed by atoms with Crippen LogP contribution in [0.3, 0.4) is 0 Å². The Balaban J connectivity index is 2.28. The number of rotatable bonds is 3. The molecule has 1 unspecified atom stereocenters. The molecule has 0 radical (unpaired) electrons. The van der Waals surface area contributed by atoms with E-state index in [1.807, 2.05) is 0 Å². The standard InChI is InChI=1S/C9H19NO/c1-9(2,7-11)6-8-4-3-5-10-8/h8,10-11H,3-7H2,1-2H3. The molecule has 0 amide bonds. The van der Waals surface area contributed by atoms with Crippen molar-refractivity contribution >= 4 is 0 Å². The summed E-state index contributed by atoms with van der Waals surface area (Å²) in [5.41, 5.74) is 0.0992. The van der Waals surface area contributed by atoms with Gasteiger partial charge in [0.1, 0.15) is 0 Å². The van der Waals surface area contributed by atoms with Crippen LogP contribution in [0.2, 0.25) is 0 Å². The number of aliphatic hydroxyl groups is 1. The summed E-state index contributed by atoms with van der Waals surface area (Å²) < 4.78 is 0. The van der Waals surface area contributed by atoms with E-state index in [0.29, 0.717) is 12.6 Å². The first-order valence-corrected chi connectivity index (χ1v) is 4.48. The van der Waals surface area contributed by atoms with E-state index in [0.717, 1.165) is 13.0 Å². The van der Waals surface area contributed by atoms with Crippen molar-refractivity contribution in [2.75, 3.05) is 13.2 Å². The molecule has 2 heteroatoms. The van der Waals surface area contributed by atoms with Crippen LogP contribution in [0.1, 0.15) is 33.1 Å². The maximum Gasteiger partial charge on any atom is 0.0482 e. The molecular weight excluding hydrogens is 138 g/mol. The molecule has 2 nitrogen and oxygen atoms in total. The fourth-order valence-corrected chi connectivity index (χ4v) is 1.66. The van der Waals surface area contributed by atoms with Gasteiger partial charge in [-0.3, -0.25) is 0 Å². The molecule has 0 aliphatic carbocycles. The van der Waals surface area contributed by atoms with Gasteiger partial charge in [-0.25, -0.2) is 0 Å². The van der Waals surface area contributed by atoms with Gasteiger partial charge in [-0.15, -0.1) is 0 Å². The van der Waals surface area contributed by atoms with Crippen LogP contribution in [0.4, 0.5) is 0 Å². The van der Waals surface area contributed by atoms with Crippen LogP contribution >= 0.6 is 0 Å². The molecule has 1 heterocycles. The second kappa shape index (κ2) is 3.55. The summed E-state index contributed by atoms with van der Waals surface area (Å²) in [5, 5.41) is 12.5. The van der Waals surface area contributed by atoms with Crippen molar-refractivity contribution < 1.29 is 5.11 Å². The lowest BCUT2D eigenvalue weighted by Gasteiger charge is -2.25. The topological polar surface area (TPSA) is 32.3 Å². The molecule has 0 spiro atoms. The van der Waals surface area contributed by atoms with E-state index in [2.05, 4.69) is 19.2 Å². The zero-order chi connectivity index (χ0) is 8.32. The van der Waals surface area contributed by atoms with Crippen LogP contribution in [0, 0.1) is 5.41 Å². The Hall–Kier alpha value is -0.0800. The van der Waals surface area contributed by atoms with E-state index in [-0.39, 0.29) is 5.41 Å². The summed E-state index contributed by atoms with van der Waals surface area (Å²) in [7, 11) is 0. The van der Waals surface area contributed by atoms with Crippen LogP contribution in [0.25, 0.3) is 0 Å². The molecule has 2 N–H and O–H groups in total. The molecule has 0 aromatic heterocycles. The lowest BCUT2D eigenvalue weighted by molar-refractivity contribution is 0.139. The van der Waals surface area contributed by atoms with Crippen molar-refractivity contribution in [1.29, 1.82) is 0 Å². The van der Waals surface area contributed by atoms with Crippen LogP contribution in [-0.4, -0.2) is 24.3 Å². The molecule has 66 valence electrons. The minimum Gasteiger partial charge on any atom is -0.396 e. The second-order valence-electron chi connectivity index (χ2n) is 4.32. The molecule has 1 fully saturated rings. The third kappa shape index (κ3) is 2.80. The molecular formula is C9H19NO. The predicted molar refractivity (Wildman–Crippen MR) is 46.5 cm³/mol. The Kier molecular flexibility index (Phi) is 2.90. The van der Waals surface area contributed by atoms with Crippen molar-refractivity contribution in [3.63, 3.8) is 0 Å². The fraction of sp³-hybridized carbons (Fsp3) is 1.00. The number of hydrogen-bond donors (Lipinski definition) is 2. The van der Waals surface area contributed by atoms with Gasteiger partial charge in [-0.1, -0.05) is 13.8 Å². The van der Waals surface area contributed by atoms with E-state index in [4.69, 9.17) is 5.11 Å².